The molecule has 0 aliphatic rings. The number of esters is 1. The first-order valence-corrected chi connectivity index (χ1v) is 5.26. The molecule has 1 aromatic heterocycles. The number of carbonyl (C=O) groups excluding carboxylic acids is 1. The highest BCUT2D eigenvalue weighted by Gasteiger charge is 2.19. The standard InChI is InChI=1S/C11H14F2N2O3/c1-3-18-8(16)5-6-4-7(17-2)9(14)10(15-6)11(12)13/h4,11H,3,5,14H2,1-2H3. The molecule has 0 unspecified atom stereocenters. The van der Waals surface area contributed by atoms with Gasteiger partial charge in [-0.15, -0.1) is 0 Å². The number of alkyl halides is 2. The van der Waals surface area contributed by atoms with Crippen LogP contribution in [0.1, 0.15) is 24.7 Å². The van der Waals surface area contributed by atoms with E-state index in [1.165, 1.54) is 13.2 Å². The number of carbonyl (C=O) groups is 1. The van der Waals surface area contributed by atoms with E-state index in [1.807, 2.05) is 0 Å². The number of rotatable bonds is 5. The zero-order valence-electron chi connectivity index (χ0n) is 10.1. The largest absolute Gasteiger partial charge is 0.494 e. The van der Waals surface area contributed by atoms with Gasteiger partial charge in [-0.25, -0.2) is 13.8 Å². The number of anilines is 1. The molecule has 0 atom stereocenters. The van der Waals surface area contributed by atoms with Crippen LogP contribution in [-0.4, -0.2) is 24.7 Å². The zero-order valence-corrected chi connectivity index (χ0v) is 10.1. The van der Waals surface area contributed by atoms with Crippen LogP contribution in [0.2, 0.25) is 0 Å². The summed E-state index contributed by atoms with van der Waals surface area (Å²) in [6.07, 6.45) is -3.04. The van der Waals surface area contributed by atoms with Crippen molar-refractivity contribution in [2.75, 3.05) is 19.5 Å². The predicted molar refractivity (Wildman–Crippen MR) is 60.5 cm³/mol. The van der Waals surface area contributed by atoms with Crippen LogP contribution in [0.4, 0.5) is 14.5 Å². The van der Waals surface area contributed by atoms with E-state index in [1.54, 1.807) is 6.92 Å². The Labute approximate surface area is 103 Å². The summed E-state index contributed by atoms with van der Waals surface area (Å²) in [4.78, 5) is 14.9. The molecule has 7 heteroatoms. The number of nitrogens with two attached hydrogens (primary N) is 1. The molecule has 0 aromatic carbocycles. The minimum absolute atomic E-state index is 0.0691. The summed E-state index contributed by atoms with van der Waals surface area (Å²) in [5, 5.41) is 0. The van der Waals surface area contributed by atoms with Gasteiger partial charge in [0, 0.05) is 6.07 Å². The van der Waals surface area contributed by atoms with Gasteiger partial charge >= 0.3 is 5.97 Å². The highest BCUT2D eigenvalue weighted by molar-refractivity contribution is 5.72. The molecule has 0 bridgehead atoms. The number of methoxy groups -OCH3 is 1. The van der Waals surface area contributed by atoms with E-state index < -0.39 is 18.1 Å². The normalized spacial score (nSPS) is 10.5. The molecule has 1 heterocycles. The minimum Gasteiger partial charge on any atom is -0.494 e. The van der Waals surface area contributed by atoms with Crippen molar-refractivity contribution in [3.05, 3.63) is 17.5 Å². The van der Waals surface area contributed by atoms with Crippen molar-refractivity contribution in [3.8, 4) is 5.75 Å². The Morgan fingerprint density at radius 2 is 2.22 bits per heavy atom. The zero-order chi connectivity index (χ0) is 13.7. The third-order valence-corrected chi connectivity index (χ3v) is 2.16. The van der Waals surface area contributed by atoms with Gasteiger partial charge in [0.05, 0.1) is 25.8 Å². The van der Waals surface area contributed by atoms with Gasteiger partial charge < -0.3 is 15.2 Å². The van der Waals surface area contributed by atoms with Crippen LogP contribution < -0.4 is 10.5 Å². The molecule has 0 amide bonds. The van der Waals surface area contributed by atoms with E-state index in [4.69, 9.17) is 15.2 Å². The maximum atomic E-state index is 12.7. The fraction of sp³-hybridized carbons (Fsp3) is 0.455. The maximum Gasteiger partial charge on any atom is 0.311 e. The predicted octanol–water partition coefficient (Wildman–Crippen LogP) is 1.72. The molecule has 1 rings (SSSR count). The van der Waals surface area contributed by atoms with Crippen LogP contribution in [0, 0.1) is 0 Å². The Morgan fingerprint density at radius 1 is 1.56 bits per heavy atom. The van der Waals surface area contributed by atoms with Gasteiger partial charge in [0.2, 0.25) is 0 Å². The quantitative estimate of drug-likeness (QED) is 0.816. The van der Waals surface area contributed by atoms with Gasteiger partial charge in [0.25, 0.3) is 6.43 Å². The maximum absolute atomic E-state index is 12.7. The lowest BCUT2D eigenvalue weighted by Crippen LogP contribution is -2.11. The minimum atomic E-state index is -2.83. The van der Waals surface area contributed by atoms with Gasteiger partial charge in [-0.3, -0.25) is 4.79 Å². The Hall–Kier alpha value is -1.92. The van der Waals surface area contributed by atoms with Crippen molar-refractivity contribution in [1.29, 1.82) is 0 Å². The first-order chi connectivity index (χ1) is 8.49. The molecule has 0 fully saturated rings. The van der Waals surface area contributed by atoms with E-state index in [-0.39, 0.29) is 30.2 Å². The van der Waals surface area contributed by atoms with E-state index in [2.05, 4.69) is 4.98 Å². The summed E-state index contributed by atoms with van der Waals surface area (Å²) in [7, 11) is 1.30. The second-order valence-electron chi connectivity index (χ2n) is 3.40. The Kier molecular flexibility index (Phi) is 4.82. The lowest BCUT2D eigenvalue weighted by molar-refractivity contribution is -0.142. The summed E-state index contributed by atoms with van der Waals surface area (Å²) < 4.78 is 35.0. The van der Waals surface area contributed by atoms with Crippen LogP contribution >= 0.6 is 0 Å². The number of aromatic nitrogens is 1. The number of pyridine rings is 1. The van der Waals surface area contributed by atoms with Gasteiger partial charge in [0.1, 0.15) is 17.1 Å². The first kappa shape index (κ1) is 14.1. The number of hydrogen-bond acceptors (Lipinski definition) is 5. The second-order valence-corrected chi connectivity index (χ2v) is 3.40. The fourth-order valence-corrected chi connectivity index (χ4v) is 1.39. The SMILES string of the molecule is CCOC(=O)Cc1cc(OC)c(N)c(C(F)F)n1. The monoisotopic (exact) mass is 260 g/mol. The Morgan fingerprint density at radius 3 is 2.72 bits per heavy atom. The number of hydrogen-bond donors (Lipinski definition) is 1. The third-order valence-electron chi connectivity index (χ3n) is 2.16. The molecule has 100 valence electrons. The lowest BCUT2D eigenvalue weighted by atomic mass is 10.2. The Bertz CT molecular complexity index is 439. The smallest absolute Gasteiger partial charge is 0.311 e. The van der Waals surface area contributed by atoms with Crippen molar-refractivity contribution in [1.82, 2.24) is 4.98 Å². The summed E-state index contributed by atoms with van der Waals surface area (Å²) in [6, 6.07) is 1.35. The van der Waals surface area contributed by atoms with Crippen LogP contribution in [0.3, 0.4) is 0 Å². The number of nitrogen functional groups attached to an aromatic ring is 1. The molecule has 0 saturated carbocycles. The molecule has 1 aromatic rings. The highest BCUT2D eigenvalue weighted by Crippen LogP contribution is 2.31. The van der Waals surface area contributed by atoms with Crippen molar-refractivity contribution < 1.29 is 23.0 Å². The molecular weight excluding hydrogens is 246 g/mol. The van der Waals surface area contributed by atoms with Gasteiger partial charge in [-0.05, 0) is 6.92 Å². The Balaban J connectivity index is 3.06. The summed E-state index contributed by atoms with van der Waals surface area (Å²) in [5.74, 6) is -0.475. The highest BCUT2D eigenvalue weighted by atomic mass is 19.3. The van der Waals surface area contributed by atoms with E-state index in [9.17, 15) is 13.6 Å². The van der Waals surface area contributed by atoms with Crippen molar-refractivity contribution in [2.45, 2.75) is 19.8 Å². The van der Waals surface area contributed by atoms with Crippen molar-refractivity contribution >= 4 is 11.7 Å². The number of nitrogens with zero attached hydrogens (tertiary/aromatic N) is 1. The molecule has 18 heavy (non-hydrogen) atoms. The average Bonchev–Trinajstić information content (AvgIpc) is 2.31. The summed E-state index contributed by atoms with van der Waals surface area (Å²) in [5.41, 5.74) is 4.79. The molecule has 0 aliphatic heterocycles. The van der Waals surface area contributed by atoms with E-state index in [0.717, 1.165) is 0 Å². The molecule has 2 N–H and O–H groups in total. The van der Waals surface area contributed by atoms with E-state index in [0.29, 0.717) is 0 Å². The van der Waals surface area contributed by atoms with Crippen LogP contribution in [-0.2, 0) is 16.0 Å². The topological polar surface area (TPSA) is 74.4 Å². The third kappa shape index (κ3) is 3.28. The van der Waals surface area contributed by atoms with Gasteiger partial charge in [-0.2, -0.15) is 0 Å². The first-order valence-electron chi connectivity index (χ1n) is 5.26. The van der Waals surface area contributed by atoms with Crippen molar-refractivity contribution in [3.63, 3.8) is 0 Å². The molecule has 0 radical (unpaired) electrons. The average molecular weight is 260 g/mol. The molecule has 0 spiro atoms. The van der Waals surface area contributed by atoms with E-state index >= 15 is 0 Å². The number of ether oxygens (including phenoxy) is 2. The van der Waals surface area contributed by atoms with Crippen LogP contribution in [0.5, 0.6) is 5.75 Å². The molecule has 0 aliphatic carbocycles. The van der Waals surface area contributed by atoms with Crippen LogP contribution in [0.15, 0.2) is 6.07 Å². The summed E-state index contributed by atoms with van der Waals surface area (Å²) in [6.45, 7) is 1.87. The van der Waals surface area contributed by atoms with Crippen molar-refractivity contribution in [2.24, 2.45) is 0 Å². The van der Waals surface area contributed by atoms with Gasteiger partial charge in [-0.1, -0.05) is 0 Å². The fourth-order valence-electron chi connectivity index (χ4n) is 1.39. The van der Waals surface area contributed by atoms with Gasteiger partial charge in [0.15, 0.2) is 0 Å². The summed E-state index contributed by atoms with van der Waals surface area (Å²) >= 11 is 0. The lowest BCUT2D eigenvalue weighted by Gasteiger charge is -2.11. The van der Waals surface area contributed by atoms with Crippen LogP contribution in [0.25, 0.3) is 0 Å². The molecule has 0 saturated heterocycles. The molecular formula is C11H14F2N2O3. The molecule has 5 nitrogen and oxygen atoms in total. The number of halogens is 2. The second kappa shape index (κ2) is 6.13.